The van der Waals surface area contributed by atoms with E-state index in [1.165, 1.54) is 12.4 Å². The van der Waals surface area contributed by atoms with E-state index in [4.69, 9.17) is 17.3 Å². The highest BCUT2D eigenvalue weighted by Gasteiger charge is 2.01. The normalized spacial score (nSPS) is 11.5. The van der Waals surface area contributed by atoms with Crippen molar-refractivity contribution in [2.45, 2.75) is 6.42 Å². The zero-order valence-corrected chi connectivity index (χ0v) is 11.4. The number of halogens is 1. The molecule has 0 aliphatic carbocycles. The number of rotatable bonds is 9. The van der Waals surface area contributed by atoms with Crippen LogP contribution in [0.1, 0.15) is 6.42 Å². The summed E-state index contributed by atoms with van der Waals surface area (Å²) < 4.78 is 0. The molecular weight excluding hydrogens is 254 g/mol. The van der Waals surface area contributed by atoms with Crippen molar-refractivity contribution in [3.63, 3.8) is 0 Å². The lowest BCUT2D eigenvalue weighted by Crippen LogP contribution is -2.13. The second kappa shape index (κ2) is 10.1. The molecule has 0 atom stereocenters. The smallest absolute Gasteiger partial charge is 0.0652 e. The Hall–Kier alpha value is -1.13. The van der Waals surface area contributed by atoms with Gasteiger partial charge in [0.2, 0.25) is 0 Å². The van der Waals surface area contributed by atoms with Crippen LogP contribution in [0.3, 0.4) is 0 Å². The first kappa shape index (κ1) is 15.9. The number of alkyl halides is 1. The number of aliphatic imine (C=N–C) groups is 1. The molecule has 94 valence electrons. The fourth-order valence-corrected chi connectivity index (χ4v) is 1.90. The average molecular weight is 272 g/mol. The van der Waals surface area contributed by atoms with Crippen LogP contribution in [0.4, 0.5) is 0 Å². The molecule has 0 fully saturated rings. The minimum absolute atomic E-state index is 0.654. The Bertz CT molecular complexity index is 335. The number of allylic oxidation sites excluding steroid dienone is 1. The molecule has 0 heterocycles. The molecule has 0 spiro atoms. The van der Waals surface area contributed by atoms with Crippen LogP contribution in [0.15, 0.2) is 53.4 Å². The van der Waals surface area contributed by atoms with Crippen molar-refractivity contribution >= 4 is 29.6 Å². The van der Waals surface area contributed by atoms with Crippen LogP contribution in [0.2, 0.25) is 0 Å². The van der Waals surface area contributed by atoms with Crippen LogP contribution >= 0.6 is 23.4 Å². The van der Waals surface area contributed by atoms with Gasteiger partial charge in [0, 0.05) is 41.5 Å². The Labute approximate surface area is 112 Å². The molecule has 3 nitrogen and oxygen atoms in total. The summed E-state index contributed by atoms with van der Waals surface area (Å²) in [7, 11) is 0. The van der Waals surface area contributed by atoms with E-state index in [9.17, 15) is 0 Å². The molecule has 3 N–H and O–H groups in total. The van der Waals surface area contributed by atoms with E-state index in [0.29, 0.717) is 17.2 Å². The second-order valence-corrected chi connectivity index (χ2v) is 4.57. The number of nitrogens with one attached hydrogen (secondary N) is 1. The quantitative estimate of drug-likeness (QED) is 0.293. The van der Waals surface area contributed by atoms with Gasteiger partial charge in [-0.3, -0.25) is 4.99 Å². The number of hydrogen-bond acceptors (Lipinski definition) is 4. The summed E-state index contributed by atoms with van der Waals surface area (Å²) in [6.45, 7) is 11.2. The predicted octanol–water partition coefficient (Wildman–Crippen LogP) is 2.98. The summed E-state index contributed by atoms with van der Waals surface area (Å²) >= 11 is 7.18. The van der Waals surface area contributed by atoms with Crippen molar-refractivity contribution in [1.29, 1.82) is 0 Å². The highest BCUT2D eigenvalue weighted by atomic mass is 35.5. The fraction of sp³-hybridized carbons (Fsp3) is 0.250. The van der Waals surface area contributed by atoms with Crippen molar-refractivity contribution in [3.8, 4) is 0 Å². The lowest BCUT2D eigenvalue weighted by Gasteiger charge is -2.11. The monoisotopic (exact) mass is 271 g/mol. The molecule has 0 bridgehead atoms. The van der Waals surface area contributed by atoms with Gasteiger partial charge in [-0.15, -0.1) is 23.4 Å². The first-order chi connectivity index (χ1) is 8.15. The number of thioether (sulfide) groups is 1. The summed E-state index contributed by atoms with van der Waals surface area (Å²) in [4.78, 5) is 3.88. The van der Waals surface area contributed by atoms with Crippen LogP contribution in [-0.4, -0.2) is 17.8 Å². The molecule has 0 aromatic heterocycles. The van der Waals surface area contributed by atoms with Gasteiger partial charge in [-0.1, -0.05) is 19.7 Å². The Balaban J connectivity index is 4.18. The molecule has 0 saturated heterocycles. The maximum atomic E-state index is 5.59. The lowest BCUT2D eigenvalue weighted by molar-refractivity contribution is 1.07. The SMILES string of the molecule is C=C/N=C\C(=C/N)C(=C)NC(=C)SCCCCl. The van der Waals surface area contributed by atoms with E-state index in [1.807, 2.05) is 0 Å². The first-order valence-electron chi connectivity index (χ1n) is 5.05. The van der Waals surface area contributed by atoms with Crippen LogP contribution in [0.5, 0.6) is 0 Å². The minimum Gasteiger partial charge on any atom is -0.404 e. The van der Waals surface area contributed by atoms with E-state index < -0.39 is 0 Å². The third-order valence-electron chi connectivity index (χ3n) is 1.69. The zero-order valence-electron chi connectivity index (χ0n) is 9.79. The van der Waals surface area contributed by atoms with Crippen molar-refractivity contribution in [2.75, 3.05) is 11.6 Å². The van der Waals surface area contributed by atoms with Crippen molar-refractivity contribution in [3.05, 3.63) is 48.4 Å². The molecule has 0 radical (unpaired) electrons. The topological polar surface area (TPSA) is 50.4 Å². The second-order valence-electron chi connectivity index (χ2n) is 3.00. The van der Waals surface area contributed by atoms with E-state index in [1.54, 1.807) is 18.0 Å². The van der Waals surface area contributed by atoms with E-state index in [0.717, 1.165) is 17.2 Å². The lowest BCUT2D eigenvalue weighted by atomic mass is 10.2. The standard InChI is InChI=1S/C12H18ClN3S/c1-4-15-9-12(8-14)10(2)16-11(3)17-7-5-6-13/h4,8-9,16H,1-3,5-7,14H2/b12-8+,15-9-. The zero-order chi connectivity index (χ0) is 13.1. The molecule has 0 amide bonds. The summed E-state index contributed by atoms with van der Waals surface area (Å²) in [5, 5.41) is 3.87. The minimum atomic E-state index is 0.654. The number of nitrogens with two attached hydrogens (primary N) is 1. The van der Waals surface area contributed by atoms with E-state index in [2.05, 4.69) is 30.0 Å². The van der Waals surface area contributed by atoms with Crippen molar-refractivity contribution in [2.24, 2.45) is 10.7 Å². The number of nitrogens with zero attached hydrogens (tertiary/aromatic N) is 1. The molecular formula is C12H18ClN3S. The number of hydrogen-bond donors (Lipinski definition) is 2. The largest absolute Gasteiger partial charge is 0.404 e. The summed E-state index contributed by atoms with van der Waals surface area (Å²) in [6.07, 6.45) is 5.38. The van der Waals surface area contributed by atoms with Crippen molar-refractivity contribution < 1.29 is 0 Å². The van der Waals surface area contributed by atoms with Crippen LogP contribution in [0, 0.1) is 0 Å². The molecule has 17 heavy (non-hydrogen) atoms. The first-order valence-corrected chi connectivity index (χ1v) is 6.57. The van der Waals surface area contributed by atoms with Gasteiger partial charge in [0.05, 0.1) is 5.03 Å². The van der Waals surface area contributed by atoms with Gasteiger partial charge in [0.25, 0.3) is 0 Å². The van der Waals surface area contributed by atoms with E-state index in [-0.39, 0.29) is 0 Å². The third-order valence-corrected chi connectivity index (χ3v) is 2.90. The summed E-state index contributed by atoms with van der Waals surface area (Å²) in [6, 6.07) is 0. The third kappa shape index (κ3) is 7.71. The van der Waals surface area contributed by atoms with Crippen LogP contribution in [0.25, 0.3) is 0 Å². The Morgan fingerprint density at radius 3 is 2.71 bits per heavy atom. The molecule has 0 aliphatic heterocycles. The Kier molecular flexibility index (Phi) is 9.38. The van der Waals surface area contributed by atoms with Gasteiger partial charge in [-0.2, -0.15) is 0 Å². The maximum Gasteiger partial charge on any atom is 0.0652 e. The van der Waals surface area contributed by atoms with E-state index >= 15 is 0 Å². The molecule has 0 aliphatic rings. The maximum absolute atomic E-state index is 5.59. The summed E-state index contributed by atoms with van der Waals surface area (Å²) in [5.41, 5.74) is 6.82. The highest BCUT2D eigenvalue weighted by Crippen LogP contribution is 2.14. The highest BCUT2D eigenvalue weighted by molar-refractivity contribution is 8.02. The van der Waals surface area contributed by atoms with Gasteiger partial charge in [0.1, 0.15) is 0 Å². The predicted molar refractivity (Wildman–Crippen MR) is 80.2 cm³/mol. The van der Waals surface area contributed by atoms with Crippen LogP contribution < -0.4 is 11.1 Å². The Morgan fingerprint density at radius 1 is 1.47 bits per heavy atom. The Morgan fingerprint density at radius 2 is 2.18 bits per heavy atom. The molecule has 0 aromatic carbocycles. The van der Waals surface area contributed by atoms with Gasteiger partial charge in [0.15, 0.2) is 0 Å². The fourth-order valence-electron chi connectivity index (χ4n) is 0.881. The average Bonchev–Trinajstić information content (AvgIpc) is 2.30. The van der Waals surface area contributed by atoms with Crippen molar-refractivity contribution in [1.82, 2.24) is 5.32 Å². The van der Waals surface area contributed by atoms with Gasteiger partial charge >= 0.3 is 0 Å². The van der Waals surface area contributed by atoms with Crippen LogP contribution in [-0.2, 0) is 0 Å². The van der Waals surface area contributed by atoms with Gasteiger partial charge in [-0.05, 0) is 6.42 Å². The molecule has 0 saturated carbocycles. The molecule has 0 rings (SSSR count). The molecule has 0 unspecified atom stereocenters. The molecule has 5 heteroatoms. The molecule has 0 aromatic rings. The van der Waals surface area contributed by atoms with Gasteiger partial charge in [-0.25, -0.2) is 0 Å². The summed E-state index contributed by atoms with van der Waals surface area (Å²) in [5.74, 6) is 1.58. The van der Waals surface area contributed by atoms with Gasteiger partial charge < -0.3 is 11.1 Å².